The molecule has 4 rings (SSSR count). The first-order valence-corrected chi connectivity index (χ1v) is 9.39. The topological polar surface area (TPSA) is 67.1 Å². The van der Waals surface area contributed by atoms with Crippen LogP contribution in [-0.4, -0.2) is 36.1 Å². The number of likely N-dealkylation sites (N-methyl/N-ethyl adjacent to an activating group) is 1. The molecule has 0 radical (unpaired) electrons. The zero-order valence-electron chi connectivity index (χ0n) is 14.9. The minimum atomic E-state index is 0.324. The first-order valence-electron chi connectivity index (χ1n) is 9.39. The molecule has 3 N–H and O–H groups in total. The average molecular weight is 337 g/mol. The molecular weight excluding hydrogens is 310 g/mol. The number of nitrogens with two attached hydrogens (primary N) is 1. The van der Waals surface area contributed by atoms with E-state index in [0.29, 0.717) is 17.9 Å². The Morgan fingerprint density at radius 1 is 1.12 bits per heavy atom. The molecule has 2 heterocycles. The summed E-state index contributed by atoms with van der Waals surface area (Å²) in [6, 6.07) is 11.3. The van der Waals surface area contributed by atoms with Crippen molar-refractivity contribution in [3.05, 3.63) is 47.2 Å². The molecule has 2 aliphatic rings. The fourth-order valence-corrected chi connectivity index (χ4v) is 4.28. The van der Waals surface area contributed by atoms with Crippen LogP contribution in [0, 0.1) is 0 Å². The summed E-state index contributed by atoms with van der Waals surface area (Å²) in [5, 5.41) is 3.39. The van der Waals surface area contributed by atoms with Crippen molar-refractivity contribution in [1.82, 2.24) is 15.3 Å². The van der Waals surface area contributed by atoms with Crippen LogP contribution in [0.1, 0.15) is 48.4 Å². The first kappa shape index (κ1) is 16.3. The molecule has 2 unspecified atom stereocenters. The van der Waals surface area contributed by atoms with Crippen LogP contribution in [0.3, 0.4) is 0 Å². The van der Waals surface area contributed by atoms with Crippen molar-refractivity contribution >= 4 is 11.8 Å². The van der Waals surface area contributed by atoms with E-state index in [2.05, 4.69) is 45.5 Å². The monoisotopic (exact) mass is 337 g/mol. The van der Waals surface area contributed by atoms with Crippen molar-refractivity contribution < 1.29 is 0 Å². The van der Waals surface area contributed by atoms with E-state index >= 15 is 0 Å². The Bertz CT molecular complexity index is 730. The van der Waals surface area contributed by atoms with Crippen molar-refractivity contribution in [2.45, 2.75) is 44.1 Å². The van der Waals surface area contributed by atoms with Gasteiger partial charge in [-0.25, -0.2) is 4.98 Å². The number of aromatic nitrogens is 2. The average Bonchev–Trinajstić information content (AvgIpc) is 3.02. The Labute approximate surface area is 149 Å². The van der Waals surface area contributed by atoms with Gasteiger partial charge in [-0.15, -0.1) is 0 Å². The summed E-state index contributed by atoms with van der Waals surface area (Å²) in [7, 11) is 2.04. The zero-order chi connectivity index (χ0) is 17.2. The highest BCUT2D eigenvalue weighted by molar-refractivity contribution is 5.55. The Balaban J connectivity index is 1.77. The van der Waals surface area contributed by atoms with Gasteiger partial charge in [-0.3, -0.25) is 0 Å². The van der Waals surface area contributed by atoms with E-state index in [9.17, 15) is 0 Å². The third-order valence-corrected chi connectivity index (χ3v) is 5.63. The molecule has 0 spiro atoms. The van der Waals surface area contributed by atoms with Crippen LogP contribution in [-0.2, 0) is 6.42 Å². The molecule has 0 bridgehead atoms. The zero-order valence-corrected chi connectivity index (χ0v) is 14.9. The maximum absolute atomic E-state index is 6.14. The van der Waals surface area contributed by atoms with Crippen molar-refractivity contribution in [2.75, 3.05) is 30.8 Å². The Kier molecular flexibility index (Phi) is 4.57. The fourth-order valence-electron chi connectivity index (χ4n) is 4.28. The van der Waals surface area contributed by atoms with Gasteiger partial charge in [-0.2, -0.15) is 4.98 Å². The summed E-state index contributed by atoms with van der Waals surface area (Å²) in [4.78, 5) is 11.8. The summed E-state index contributed by atoms with van der Waals surface area (Å²) in [5.74, 6) is 1.80. The number of anilines is 2. The molecule has 1 fully saturated rings. The summed E-state index contributed by atoms with van der Waals surface area (Å²) in [6.07, 6.45) is 5.74. The van der Waals surface area contributed by atoms with E-state index in [1.807, 2.05) is 7.05 Å². The van der Waals surface area contributed by atoms with Crippen LogP contribution < -0.4 is 16.0 Å². The Morgan fingerprint density at radius 3 is 2.72 bits per heavy atom. The molecular formula is C20H27N5. The predicted molar refractivity (Wildman–Crippen MR) is 102 cm³/mol. The molecule has 5 nitrogen and oxygen atoms in total. The SMILES string of the molecule is CNC1CCN(c2nc(N)nc3c2CCCCC3c2ccccc2)C1. The molecule has 0 saturated carbocycles. The molecule has 1 aromatic carbocycles. The lowest BCUT2D eigenvalue weighted by Crippen LogP contribution is -2.31. The summed E-state index contributed by atoms with van der Waals surface area (Å²) in [5.41, 5.74) is 9.95. The number of benzene rings is 1. The highest BCUT2D eigenvalue weighted by atomic mass is 15.2. The summed E-state index contributed by atoms with van der Waals surface area (Å²) < 4.78 is 0. The smallest absolute Gasteiger partial charge is 0.222 e. The van der Waals surface area contributed by atoms with E-state index in [1.54, 1.807) is 0 Å². The van der Waals surface area contributed by atoms with Crippen LogP contribution >= 0.6 is 0 Å². The molecule has 132 valence electrons. The lowest BCUT2D eigenvalue weighted by Gasteiger charge is -2.24. The van der Waals surface area contributed by atoms with E-state index in [4.69, 9.17) is 10.7 Å². The largest absolute Gasteiger partial charge is 0.368 e. The van der Waals surface area contributed by atoms with Gasteiger partial charge in [-0.1, -0.05) is 36.8 Å². The minimum Gasteiger partial charge on any atom is -0.368 e. The number of nitrogens with one attached hydrogen (secondary N) is 1. The van der Waals surface area contributed by atoms with Gasteiger partial charge in [0.2, 0.25) is 5.95 Å². The Hall–Kier alpha value is -2.14. The van der Waals surface area contributed by atoms with E-state index < -0.39 is 0 Å². The molecule has 2 aromatic rings. The van der Waals surface area contributed by atoms with Crippen molar-refractivity contribution in [1.29, 1.82) is 0 Å². The minimum absolute atomic E-state index is 0.324. The van der Waals surface area contributed by atoms with Crippen LogP contribution in [0.15, 0.2) is 30.3 Å². The molecule has 1 aliphatic heterocycles. The molecule has 2 atom stereocenters. The number of rotatable bonds is 3. The molecule has 25 heavy (non-hydrogen) atoms. The van der Waals surface area contributed by atoms with Gasteiger partial charge in [0.25, 0.3) is 0 Å². The van der Waals surface area contributed by atoms with Gasteiger partial charge in [0, 0.05) is 30.6 Å². The van der Waals surface area contributed by atoms with Crippen molar-refractivity contribution in [3.63, 3.8) is 0 Å². The van der Waals surface area contributed by atoms with Gasteiger partial charge >= 0.3 is 0 Å². The van der Waals surface area contributed by atoms with Gasteiger partial charge in [-0.05, 0) is 38.3 Å². The second kappa shape index (κ2) is 7.00. The summed E-state index contributed by atoms with van der Waals surface area (Å²) in [6.45, 7) is 2.03. The van der Waals surface area contributed by atoms with Gasteiger partial charge < -0.3 is 16.0 Å². The molecule has 5 heteroatoms. The second-order valence-electron chi connectivity index (χ2n) is 7.20. The molecule has 1 aliphatic carbocycles. The van der Waals surface area contributed by atoms with E-state index in [-0.39, 0.29) is 0 Å². The summed E-state index contributed by atoms with van der Waals surface area (Å²) >= 11 is 0. The fraction of sp³-hybridized carbons (Fsp3) is 0.500. The lowest BCUT2D eigenvalue weighted by molar-refractivity contribution is 0.616. The van der Waals surface area contributed by atoms with Crippen molar-refractivity contribution in [3.8, 4) is 0 Å². The predicted octanol–water partition coefficient (Wildman–Crippen LogP) is 2.72. The quantitative estimate of drug-likeness (QED) is 0.843. The first-order chi connectivity index (χ1) is 12.3. The van der Waals surface area contributed by atoms with Crippen molar-refractivity contribution in [2.24, 2.45) is 0 Å². The number of hydrogen-bond donors (Lipinski definition) is 2. The number of fused-ring (bicyclic) bond motifs is 1. The highest BCUT2D eigenvalue weighted by Gasteiger charge is 2.30. The van der Waals surface area contributed by atoms with Crippen LogP contribution in [0.25, 0.3) is 0 Å². The van der Waals surface area contributed by atoms with Gasteiger partial charge in [0.1, 0.15) is 5.82 Å². The van der Waals surface area contributed by atoms with Gasteiger partial charge in [0.15, 0.2) is 0 Å². The number of nitrogen functional groups attached to an aromatic ring is 1. The molecule has 0 amide bonds. The molecule has 1 aromatic heterocycles. The Morgan fingerprint density at radius 2 is 1.96 bits per heavy atom. The number of hydrogen-bond acceptors (Lipinski definition) is 5. The molecule has 1 saturated heterocycles. The van der Waals surface area contributed by atoms with Crippen LogP contribution in [0.4, 0.5) is 11.8 Å². The third kappa shape index (κ3) is 3.21. The van der Waals surface area contributed by atoms with Gasteiger partial charge in [0.05, 0.1) is 5.69 Å². The normalized spacial score (nSPS) is 23.3. The maximum atomic E-state index is 6.14. The van der Waals surface area contributed by atoms with E-state index in [0.717, 1.165) is 43.9 Å². The standard InChI is InChI=1S/C20H27N5/c1-22-15-11-12-25(13-15)19-17-10-6-5-9-16(14-7-3-2-4-8-14)18(17)23-20(21)24-19/h2-4,7-8,15-16,22H,5-6,9-13H2,1H3,(H2,21,23,24). The maximum Gasteiger partial charge on any atom is 0.222 e. The lowest BCUT2D eigenvalue weighted by atomic mass is 9.90. The van der Waals surface area contributed by atoms with E-state index in [1.165, 1.54) is 24.0 Å². The van der Waals surface area contributed by atoms with Crippen LogP contribution in [0.2, 0.25) is 0 Å². The number of nitrogens with zero attached hydrogens (tertiary/aromatic N) is 3. The second-order valence-corrected chi connectivity index (χ2v) is 7.20. The highest BCUT2D eigenvalue weighted by Crippen LogP contribution is 2.38. The third-order valence-electron chi connectivity index (χ3n) is 5.63. The van der Waals surface area contributed by atoms with Crippen LogP contribution in [0.5, 0.6) is 0 Å².